The van der Waals surface area contributed by atoms with Crippen molar-refractivity contribution in [1.82, 2.24) is 14.9 Å². The number of methoxy groups -OCH3 is 1. The van der Waals surface area contributed by atoms with Crippen LogP contribution in [0.5, 0.6) is 17.2 Å². The van der Waals surface area contributed by atoms with Crippen LogP contribution in [0.1, 0.15) is 73.5 Å². The summed E-state index contributed by atoms with van der Waals surface area (Å²) in [6.07, 6.45) is 7.44. The van der Waals surface area contributed by atoms with Crippen LogP contribution in [0.25, 0.3) is 0 Å². The van der Waals surface area contributed by atoms with E-state index in [2.05, 4.69) is 20.0 Å². The zero-order chi connectivity index (χ0) is 29.9. The highest BCUT2D eigenvalue weighted by Crippen LogP contribution is 2.56. The number of hydrogen-bond acceptors (Lipinski definition) is 10. The van der Waals surface area contributed by atoms with Gasteiger partial charge in [0.05, 0.1) is 35.1 Å². The number of pyridine rings is 2. The summed E-state index contributed by atoms with van der Waals surface area (Å²) in [6.45, 7) is 2.76. The minimum absolute atomic E-state index is 0.0737. The second kappa shape index (κ2) is 10.0. The number of ketones is 2. The van der Waals surface area contributed by atoms with Crippen molar-refractivity contribution < 1.29 is 29.4 Å². The number of fused-ring (bicyclic) bond motifs is 6. The van der Waals surface area contributed by atoms with Crippen LogP contribution < -0.4 is 4.74 Å². The number of phenols is 2. The van der Waals surface area contributed by atoms with Crippen molar-refractivity contribution in [1.29, 1.82) is 0 Å². The van der Waals surface area contributed by atoms with Gasteiger partial charge in [-0.15, -0.1) is 0 Å². The number of hydrogen-bond donors (Lipinski definition) is 2. The summed E-state index contributed by atoms with van der Waals surface area (Å²) in [5.41, 5.74) is 2.59. The van der Waals surface area contributed by atoms with Gasteiger partial charge in [-0.2, -0.15) is 0 Å². The Morgan fingerprint density at radius 1 is 0.930 bits per heavy atom. The normalized spacial score (nSPS) is 21.3. The molecular formula is C33H28N4O6. The Labute approximate surface area is 247 Å². The lowest BCUT2D eigenvalue weighted by atomic mass is 9.76. The molecular weight excluding hydrogens is 548 g/mol. The number of nitrogens with zero attached hydrogens (tertiary/aromatic N) is 4. The third kappa shape index (κ3) is 4.01. The van der Waals surface area contributed by atoms with E-state index in [1.54, 1.807) is 36.9 Å². The Morgan fingerprint density at radius 3 is 2.30 bits per heavy atom. The molecule has 1 fully saturated rings. The fraction of sp³-hybridized carbons (Fsp3) is 0.242. The molecule has 0 saturated carbocycles. The minimum Gasteiger partial charge on any atom is -0.507 e. The average molecular weight is 577 g/mol. The van der Waals surface area contributed by atoms with Crippen LogP contribution in [-0.2, 0) is 24.4 Å². The van der Waals surface area contributed by atoms with Gasteiger partial charge in [-0.1, -0.05) is 17.3 Å². The lowest BCUT2D eigenvalue weighted by Gasteiger charge is -2.44. The Bertz CT molecular complexity index is 1820. The second-order valence-electron chi connectivity index (χ2n) is 11.2. The highest BCUT2D eigenvalue weighted by Gasteiger charge is 2.56. The molecule has 1 aliphatic carbocycles. The SMILES string of the molecule is COc1cccc2c1C(=O)c1c(O)c3c(c(O)c1C2=O)CC1(C)C(=NOCc2ccncc2)CC3N1Cc1ccncc1. The van der Waals surface area contributed by atoms with Gasteiger partial charge in [-0.25, -0.2) is 0 Å². The molecule has 2 atom stereocenters. The van der Waals surface area contributed by atoms with Crippen molar-refractivity contribution in [3.63, 3.8) is 0 Å². The molecule has 2 aliphatic heterocycles. The first-order valence-electron chi connectivity index (χ1n) is 13.9. The Hall–Kier alpha value is -5.09. The van der Waals surface area contributed by atoms with Gasteiger partial charge < -0.3 is 19.8 Å². The van der Waals surface area contributed by atoms with Crippen molar-refractivity contribution in [3.8, 4) is 17.2 Å². The summed E-state index contributed by atoms with van der Waals surface area (Å²) < 4.78 is 5.39. The van der Waals surface area contributed by atoms with Crippen molar-refractivity contribution >= 4 is 17.3 Å². The van der Waals surface area contributed by atoms with Gasteiger partial charge >= 0.3 is 0 Å². The molecule has 10 heteroatoms. The van der Waals surface area contributed by atoms with Crippen LogP contribution in [0.3, 0.4) is 0 Å². The standard InChI is InChI=1S/C33H28N4O6/c1-33-15-21-25(31(40)28-27(30(21)39)29(38)20-4-3-5-23(42-2)26(20)32(28)41)22(37(33)16-18-6-10-34-11-7-18)14-24(33)36-43-17-19-8-12-35-13-9-19/h3-13,22,39-40H,14-17H2,1-2H3. The van der Waals surface area contributed by atoms with E-state index in [0.717, 1.165) is 16.8 Å². The Morgan fingerprint density at radius 2 is 1.60 bits per heavy atom. The fourth-order valence-corrected chi connectivity index (χ4v) is 6.75. The van der Waals surface area contributed by atoms with E-state index in [9.17, 15) is 19.8 Å². The van der Waals surface area contributed by atoms with E-state index in [-0.39, 0.29) is 52.5 Å². The number of aromatic hydroxyl groups is 2. The van der Waals surface area contributed by atoms with E-state index in [4.69, 9.17) is 9.57 Å². The molecule has 10 nitrogen and oxygen atoms in total. The van der Waals surface area contributed by atoms with Gasteiger partial charge in [0, 0.05) is 66.9 Å². The van der Waals surface area contributed by atoms with E-state index >= 15 is 0 Å². The zero-order valence-electron chi connectivity index (χ0n) is 23.6. The summed E-state index contributed by atoms with van der Waals surface area (Å²) in [4.78, 5) is 43.8. The Kier molecular flexibility index (Phi) is 6.24. The van der Waals surface area contributed by atoms with Gasteiger partial charge in [-0.05, 0) is 48.4 Å². The molecule has 43 heavy (non-hydrogen) atoms. The van der Waals surface area contributed by atoms with E-state index in [1.165, 1.54) is 13.2 Å². The van der Waals surface area contributed by atoms with E-state index in [1.807, 2.05) is 31.2 Å². The third-order valence-electron chi connectivity index (χ3n) is 8.89. The predicted octanol–water partition coefficient (Wildman–Crippen LogP) is 4.51. The van der Waals surface area contributed by atoms with E-state index in [0.29, 0.717) is 24.1 Å². The molecule has 0 spiro atoms. The highest BCUT2D eigenvalue weighted by atomic mass is 16.6. The van der Waals surface area contributed by atoms with Crippen LogP contribution in [0.4, 0.5) is 0 Å². The van der Waals surface area contributed by atoms with Crippen LogP contribution in [0.2, 0.25) is 0 Å². The molecule has 1 saturated heterocycles. The maximum absolute atomic E-state index is 13.9. The van der Waals surface area contributed by atoms with Crippen molar-refractivity contribution in [2.24, 2.45) is 5.16 Å². The smallest absolute Gasteiger partial charge is 0.202 e. The van der Waals surface area contributed by atoms with Gasteiger partial charge in [0.25, 0.3) is 0 Å². The first kappa shape index (κ1) is 26.8. The fourth-order valence-electron chi connectivity index (χ4n) is 6.75. The van der Waals surface area contributed by atoms with Gasteiger partial charge in [0.1, 0.15) is 23.9 Å². The first-order valence-corrected chi connectivity index (χ1v) is 13.9. The number of aromatic nitrogens is 2. The number of oxime groups is 1. The maximum Gasteiger partial charge on any atom is 0.202 e. The summed E-state index contributed by atoms with van der Waals surface area (Å²) in [5, 5.41) is 28.1. The van der Waals surface area contributed by atoms with Crippen molar-refractivity contribution in [2.75, 3.05) is 7.11 Å². The average Bonchev–Trinajstić information content (AvgIpc) is 3.19. The van der Waals surface area contributed by atoms with Crippen LogP contribution in [0.15, 0.2) is 72.4 Å². The predicted molar refractivity (Wildman–Crippen MR) is 155 cm³/mol. The molecule has 2 aromatic heterocycles. The largest absolute Gasteiger partial charge is 0.507 e. The first-order chi connectivity index (χ1) is 20.8. The number of carbonyl (C=O) groups is 2. The lowest BCUT2D eigenvalue weighted by molar-refractivity contribution is 0.0955. The summed E-state index contributed by atoms with van der Waals surface area (Å²) in [6, 6.07) is 11.8. The van der Waals surface area contributed by atoms with Crippen molar-refractivity contribution in [2.45, 2.75) is 44.5 Å². The lowest BCUT2D eigenvalue weighted by Crippen LogP contribution is -2.50. The highest BCUT2D eigenvalue weighted by molar-refractivity contribution is 6.31. The van der Waals surface area contributed by atoms with E-state index < -0.39 is 23.1 Å². The second-order valence-corrected chi connectivity index (χ2v) is 11.2. The molecule has 216 valence electrons. The number of ether oxygens (including phenoxy) is 1. The molecule has 2 N–H and O–H groups in total. The topological polar surface area (TPSA) is 134 Å². The molecule has 0 amide bonds. The van der Waals surface area contributed by atoms with Crippen LogP contribution in [0, 0.1) is 0 Å². The molecule has 2 aromatic carbocycles. The number of phenolic OH excluding ortho intramolecular Hbond substituents is 2. The number of benzene rings is 2. The quantitative estimate of drug-likeness (QED) is 0.221. The minimum atomic E-state index is -0.722. The van der Waals surface area contributed by atoms with Gasteiger partial charge in [0.15, 0.2) is 5.78 Å². The van der Waals surface area contributed by atoms with Crippen LogP contribution in [-0.4, -0.2) is 55.0 Å². The van der Waals surface area contributed by atoms with Gasteiger partial charge in [-0.3, -0.25) is 24.5 Å². The molecule has 2 bridgehead atoms. The number of rotatable bonds is 6. The van der Waals surface area contributed by atoms with Gasteiger partial charge in [0.2, 0.25) is 5.78 Å². The third-order valence-corrected chi connectivity index (χ3v) is 8.89. The number of carbonyl (C=O) groups excluding carboxylic acids is 2. The monoisotopic (exact) mass is 576 g/mol. The maximum atomic E-state index is 13.9. The van der Waals surface area contributed by atoms with Crippen LogP contribution >= 0.6 is 0 Å². The molecule has 2 unspecified atom stereocenters. The zero-order valence-corrected chi connectivity index (χ0v) is 23.6. The summed E-state index contributed by atoms with van der Waals surface area (Å²) in [7, 11) is 1.42. The summed E-state index contributed by atoms with van der Waals surface area (Å²) >= 11 is 0. The van der Waals surface area contributed by atoms with Crippen molar-refractivity contribution in [3.05, 3.63) is 112 Å². The molecule has 7 rings (SSSR count). The Balaban J connectivity index is 1.36. The molecule has 4 aromatic rings. The summed E-state index contributed by atoms with van der Waals surface area (Å²) in [5.74, 6) is -1.46. The molecule has 4 heterocycles. The molecule has 0 radical (unpaired) electrons. The molecule has 3 aliphatic rings.